The zero-order chi connectivity index (χ0) is 39.3. The topological polar surface area (TPSA) is 70.7 Å². The van der Waals surface area contributed by atoms with Crippen LogP contribution in [0.2, 0.25) is 78.6 Å². The Labute approximate surface area is 400 Å². The first-order valence-electron chi connectivity index (χ1n) is 18.5. The van der Waals surface area contributed by atoms with E-state index < -0.39 is 32.9 Å². The van der Waals surface area contributed by atoms with E-state index in [2.05, 4.69) is 183 Å². The maximum atomic E-state index is 4.89. The molecule has 0 aliphatic rings. The molecule has 4 N–H and O–H groups in total. The van der Waals surface area contributed by atoms with Crippen LogP contribution in [0.3, 0.4) is 0 Å². The maximum Gasteiger partial charge on any atom is 2.00 e. The second kappa shape index (κ2) is 35.5. The smallest absolute Gasteiger partial charge is 1.00 e. The summed E-state index contributed by atoms with van der Waals surface area (Å²) in [7, 11) is 11.5. The van der Waals surface area contributed by atoms with Crippen molar-refractivity contribution >= 4 is 44.6 Å². The van der Waals surface area contributed by atoms with Crippen LogP contribution in [0.1, 0.15) is 11.1 Å². The van der Waals surface area contributed by atoms with Crippen molar-refractivity contribution in [1.29, 1.82) is 0 Å². The molecule has 0 fully saturated rings. The molecule has 2 aromatic rings. The van der Waals surface area contributed by atoms with Crippen LogP contribution in [-0.2, 0) is 16.5 Å². The Kier molecular flexibility index (Phi) is 45.4. The van der Waals surface area contributed by atoms with E-state index in [4.69, 9.17) is 19.3 Å². The molecular weight excluding hydrogens is 913 g/mol. The van der Waals surface area contributed by atoms with Gasteiger partial charge in [0.25, 0.3) is 0 Å². The van der Waals surface area contributed by atoms with E-state index in [1.807, 2.05) is 12.1 Å². The molecule has 0 bridgehead atoms. The monoisotopic (exact) mass is 992 g/mol. The molecule has 0 amide bonds. The fraction of sp³-hybridized carbons (Fsp3) is 0.632. The van der Waals surface area contributed by atoms with Gasteiger partial charge in [0.05, 0.1) is 56.4 Å². The van der Waals surface area contributed by atoms with Gasteiger partial charge in [0.15, 0.2) is 0 Å². The fourth-order valence-corrected chi connectivity index (χ4v) is 7.21. The minimum atomic E-state index is -1.49. The molecule has 0 spiro atoms. The summed E-state index contributed by atoms with van der Waals surface area (Å²) >= 11 is 0. The number of amidine groups is 2. The zero-order valence-corrected chi connectivity index (χ0v) is 47.6. The third-order valence-electron chi connectivity index (χ3n) is 6.08. The zero-order valence-electron chi connectivity index (χ0n) is 39.5. The number of hydrogen-bond donors (Lipinski definition) is 4. The Balaban J connectivity index is -0.000000114. The van der Waals surface area contributed by atoms with Gasteiger partial charge >= 0.3 is 54.2 Å². The number of nitrogens with one attached hydrogen (secondary N) is 4. The van der Waals surface area contributed by atoms with Gasteiger partial charge in [0.1, 0.15) is 26.2 Å². The Morgan fingerprint density at radius 1 is 0.436 bits per heavy atom. The van der Waals surface area contributed by atoms with Crippen molar-refractivity contribution in [2.45, 2.75) is 78.6 Å². The molecule has 0 saturated carbocycles. The van der Waals surface area contributed by atoms with Gasteiger partial charge in [-0.1, -0.05) is 151 Å². The molecule has 0 radical (unpaired) electrons. The van der Waals surface area contributed by atoms with E-state index >= 15 is 0 Å². The van der Waals surface area contributed by atoms with Crippen molar-refractivity contribution in [2.24, 2.45) is 9.32 Å². The SMILES string of the molecule is C[NH+](C)CC[NH+](C)C.C[NH+](C)CC[NH+](C)C.C[Si](C)(C)/N=C(/[N-][Si](C)(C)C)c1ccccc1.C[Si](C)(C)/N=C(/[N-][Si](C)(C)C)c1ccccc1.[Br-].[Br-].[Li+].[Li+].[Ni+2]. The third-order valence-corrected chi connectivity index (χ3v) is 9.61. The number of hydrogen-bond acceptors (Lipinski definition) is 2. The minimum Gasteiger partial charge on any atom is -1.00 e. The van der Waals surface area contributed by atoms with Crippen LogP contribution in [0.4, 0.5) is 0 Å². The third kappa shape index (κ3) is 50.8. The molecule has 55 heavy (non-hydrogen) atoms. The molecule has 17 heteroatoms. The van der Waals surface area contributed by atoms with Crippen LogP contribution >= 0.6 is 0 Å². The molecule has 0 aromatic heterocycles. The summed E-state index contributed by atoms with van der Waals surface area (Å²) in [4.78, 5) is 15.9. The summed E-state index contributed by atoms with van der Waals surface area (Å²) < 4.78 is 9.78. The van der Waals surface area contributed by atoms with Crippen molar-refractivity contribution < 1.29 is 108 Å². The van der Waals surface area contributed by atoms with E-state index in [0.717, 1.165) is 22.8 Å². The molecule has 2 aromatic carbocycles. The van der Waals surface area contributed by atoms with E-state index in [0.29, 0.717) is 0 Å². The van der Waals surface area contributed by atoms with Gasteiger partial charge in [-0.2, -0.15) is 0 Å². The minimum absolute atomic E-state index is 0. The molecule has 312 valence electrons. The summed E-state index contributed by atoms with van der Waals surface area (Å²) in [5.41, 5.74) is 2.30. The molecule has 0 aliphatic carbocycles. The van der Waals surface area contributed by atoms with Crippen molar-refractivity contribution in [1.82, 2.24) is 0 Å². The summed E-state index contributed by atoms with van der Waals surface area (Å²) in [5, 5.41) is 0. The van der Waals surface area contributed by atoms with Crippen LogP contribution in [0.5, 0.6) is 0 Å². The van der Waals surface area contributed by atoms with E-state index in [9.17, 15) is 0 Å². The number of rotatable bonds is 12. The first kappa shape index (κ1) is 70.3. The van der Waals surface area contributed by atoms with Crippen LogP contribution in [0.15, 0.2) is 70.0 Å². The average Bonchev–Trinajstić information content (AvgIpc) is 2.93. The van der Waals surface area contributed by atoms with Gasteiger partial charge in [-0.15, -0.1) is 0 Å². The predicted molar refractivity (Wildman–Crippen MR) is 237 cm³/mol. The van der Waals surface area contributed by atoms with Gasteiger partial charge in [0, 0.05) is 32.9 Å². The van der Waals surface area contributed by atoms with E-state index in [1.165, 1.54) is 45.8 Å². The van der Waals surface area contributed by atoms with Gasteiger partial charge in [-0.05, 0) is 11.1 Å². The molecule has 0 atom stereocenters. The first-order valence-corrected chi connectivity index (χ1v) is 32.3. The first-order chi connectivity index (χ1) is 22.6. The number of quaternary nitrogens is 4. The number of halogens is 2. The predicted octanol–water partition coefficient (Wildman–Crippen LogP) is -8.48. The maximum absolute atomic E-state index is 4.89. The Morgan fingerprint density at radius 2 is 0.636 bits per heavy atom. The van der Waals surface area contributed by atoms with Crippen LogP contribution in [0, 0.1) is 0 Å². The van der Waals surface area contributed by atoms with E-state index in [-0.39, 0.29) is 88.2 Å². The molecule has 2 rings (SSSR count). The second-order valence-electron chi connectivity index (χ2n) is 18.3. The van der Waals surface area contributed by atoms with Crippen molar-refractivity contribution in [2.75, 3.05) is 82.6 Å². The van der Waals surface area contributed by atoms with E-state index in [1.54, 1.807) is 0 Å². The molecule has 8 nitrogen and oxygen atoms in total. The van der Waals surface area contributed by atoms with Crippen LogP contribution < -0.4 is 91.3 Å². The summed E-state index contributed by atoms with van der Waals surface area (Å²) in [6.07, 6.45) is 0. The van der Waals surface area contributed by atoms with Crippen LogP contribution in [0.25, 0.3) is 9.96 Å². The number of nitrogens with zero attached hydrogens (tertiary/aromatic N) is 4. The summed E-state index contributed by atoms with van der Waals surface area (Å²) in [6, 6.07) is 20.7. The number of benzene rings is 2. The molecule has 0 saturated heterocycles. The average molecular weight is 996 g/mol. The van der Waals surface area contributed by atoms with Gasteiger partial charge in [-0.25, -0.2) is 0 Å². The van der Waals surface area contributed by atoms with Crippen molar-refractivity contribution in [3.63, 3.8) is 0 Å². The van der Waals surface area contributed by atoms with Gasteiger partial charge < -0.3 is 72.8 Å². The molecule has 0 heterocycles. The van der Waals surface area contributed by atoms with Crippen molar-refractivity contribution in [3.05, 3.63) is 81.8 Å². The molecular formula is C38H82Br2Li2N8NiSi4+4. The Morgan fingerprint density at radius 3 is 0.782 bits per heavy atom. The van der Waals surface area contributed by atoms with Gasteiger partial charge in [-0.3, -0.25) is 0 Å². The quantitative estimate of drug-likeness (QED) is 0.0930. The Bertz CT molecular complexity index is 1110. The fourth-order valence-electron chi connectivity index (χ4n) is 3.75. The Hall–Kier alpha value is 0.736. The largest absolute Gasteiger partial charge is 2.00 e. The summed E-state index contributed by atoms with van der Waals surface area (Å²) in [6.45, 7) is 32.0. The second-order valence-corrected chi connectivity index (χ2v) is 36.6. The van der Waals surface area contributed by atoms with Crippen molar-refractivity contribution in [3.8, 4) is 0 Å². The normalized spacial score (nSPS) is 11.7. The van der Waals surface area contributed by atoms with Crippen LogP contribution in [-0.4, -0.2) is 127 Å². The van der Waals surface area contributed by atoms with Gasteiger partial charge in [0.2, 0.25) is 0 Å². The number of likely N-dealkylation sites (N-methyl/N-ethyl adjacent to an activating group) is 4. The standard InChI is InChI=1S/2C13H23N2Si2.2C6H16N2.2BrH.2Li.Ni/c2*1-16(2,3)14-13(15-17(4,5)6)12-10-8-7-9-11-12;2*1-7(2)5-6-8(3)4;;;;;/h2*7-11H,1-6H3;2*5-6H2,1-4H3;2*1H;;;/q2*-1;;;;;2*+1;+2/p+2. The molecule has 0 unspecified atom stereocenters. The summed E-state index contributed by atoms with van der Waals surface area (Å²) in [5.74, 6) is 1.92. The molecule has 0 aliphatic heterocycles.